The number of amides is 1. The Morgan fingerprint density at radius 2 is 1.96 bits per heavy atom. The van der Waals surface area contributed by atoms with Crippen LogP contribution in [0.25, 0.3) is 0 Å². The van der Waals surface area contributed by atoms with Crippen LogP contribution in [0.1, 0.15) is 22.7 Å². The maximum Gasteiger partial charge on any atom is 0.410 e. The molecule has 27 heavy (non-hydrogen) atoms. The summed E-state index contributed by atoms with van der Waals surface area (Å²) < 4.78 is 19.3. The smallest absolute Gasteiger partial charge is 0.410 e. The van der Waals surface area contributed by atoms with Gasteiger partial charge in [0, 0.05) is 25.6 Å². The van der Waals surface area contributed by atoms with E-state index in [0.29, 0.717) is 13.1 Å². The van der Waals surface area contributed by atoms with Gasteiger partial charge in [-0.3, -0.25) is 4.90 Å². The lowest BCUT2D eigenvalue weighted by Crippen LogP contribution is -2.43. The molecule has 2 aliphatic rings. The van der Waals surface area contributed by atoms with Gasteiger partial charge in [0.25, 0.3) is 0 Å². The summed E-state index contributed by atoms with van der Waals surface area (Å²) in [6.07, 6.45) is 2.07. The lowest BCUT2D eigenvalue weighted by molar-refractivity contribution is 0.0504. The number of benzene rings is 2. The molecule has 1 N–H and O–H groups in total. The van der Waals surface area contributed by atoms with Crippen molar-refractivity contribution in [1.29, 1.82) is 0 Å². The minimum atomic E-state index is -0.334. The molecule has 0 radical (unpaired) electrons. The van der Waals surface area contributed by atoms with E-state index in [4.69, 9.17) is 4.74 Å². The van der Waals surface area contributed by atoms with Crippen molar-refractivity contribution in [2.75, 3.05) is 19.6 Å². The lowest BCUT2D eigenvalue weighted by Gasteiger charge is -2.37. The Labute approximate surface area is 158 Å². The van der Waals surface area contributed by atoms with Crippen molar-refractivity contribution in [3.63, 3.8) is 0 Å². The monoisotopic (exact) mass is 366 g/mol. The van der Waals surface area contributed by atoms with Crippen molar-refractivity contribution >= 4 is 6.09 Å². The number of carbonyl (C=O) groups excluding carboxylic acids is 1. The zero-order valence-corrected chi connectivity index (χ0v) is 15.1. The van der Waals surface area contributed by atoms with Crippen LogP contribution in [-0.4, -0.2) is 36.7 Å². The highest BCUT2D eigenvalue weighted by Gasteiger charge is 2.36. The van der Waals surface area contributed by atoms with Crippen LogP contribution in [0.2, 0.25) is 0 Å². The van der Waals surface area contributed by atoms with Gasteiger partial charge in [0.15, 0.2) is 0 Å². The minimum Gasteiger partial charge on any atom is -0.444 e. The number of nitrogens with one attached hydrogen (secondary N) is 1. The van der Waals surface area contributed by atoms with Crippen molar-refractivity contribution in [3.8, 4) is 0 Å². The van der Waals surface area contributed by atoms with Crippen LogP contribution in [0.5, 0.6) is 0 Å². The van der Waals surface area contributed by atoms with Crippen molar-refractivity contribution < 1.29 is 13.9 Å². The van der Waals surface area contributed by atoms with Crippen LogP contribution in [0.15, 0.2) is 61.2 Å². The van der Waals surface area contributed by atoms with Crippen molar-refractivity contribution in [2.24, 2.45) is 5.92 Å². The fourth-order valence-corrected chi connectivity index (χ4v) is 4.00. The quantitative estimate of drug-likeness (QED) is 0.843. The Balaban J connectivity index is 1.65. The van der Waals surface area contributed by atoms with Gasteiger partial charge < -0.3 is 10.1 Å². The van der Waals surface area contributed by atoms with E-state index in [9.17, 15) is 9.18 Å². The molecule has 2 aliphatic heterocycles. The fourth-order valence-electron chi connectivity index (χ4n) is 4.00. The summed E-state index contributed by atoms with van der Waals surface area (Å²) in [6, 6.07) is 14.2. The molecular formula is C22H23FN2O2. The second kappa shape index (κ2) is 7.53. The molecule has 0 unspecified atom stereocenters. The van der Waals surface area contributed by atoms with E-state index in [1.165, 1.54) is 17.7 Å². The normalized spacial score (nSPS) is 24.3. The van der Waals surface area contributed by atoms with E-state index in [-0.39, 0.29) is 30.0 Å². The van der Waals surface area contributed by atoms with E-state index in [1.54, 1.807) is 17.0 Å². The standard InChI is InChI=1S/C22H23FN2O2/c1-2-15-13-24-14-20(15)27-22(26)25-12-11-16-5-3-4-6-19(16)21(25)17-7-9-18(23)10-8-17/h2-10,15,20-21,24H,1,11-14H2/t15-,20-,21-/m0/s1. The van der Waals surface area contributed by atoms with Crippen LogP contribution in [0.3, 0.4) is 0 Å². The first kappa shape index (κ1) is 17.7. The molecule has 140 valence electrons. The highest BCUT2D eigenvalue weighted by Crippen LogP contribution is 2.36. The highest BCUT2D eigenvalue weighted by molar-refractivity contribution is 5.70. The largest absolute Gasteiger partial charge is 0.444 e. The molecule has 1 saturated heterocycles. The van der Waals surface area contributed by atoms with E-state index in [2.05, 4.69) is 18.0 Å². The molecule has 1 amide bonds. The van der Waals surface area contributed by atoms with E-state index >= 15 is 0 Å². The Morgan fingerprint density at radius 3 is 2.74 bits per heavy atom. The van der Waals surface area contributed by atoms with Crippen LogP contribution in [0.4, 0.5) is 9.18 Å². The molecule has 0 aromatic heterocycles. The zero-order chi connectivity index (χ0) is 18.8. The predicted molar refractivity (Wildman–Crippen MR) is 102 cm³/mol. The molecule has 4 rings (SSSR count). The van der Waals surface area contributed by atoms with E-state index in [0.717, 1.165) is 24.1 Å². The van der Waals surface area contributed by atoms with Gasteiger partial charge in [0.05, 0.1) is 6.04 Å². The summed E-state index contributed by atoms with van der Waals surface area (Å²) in [5.41, 5.74) is 3.16. The van der Waals surface area contributed by atoms with Crippen molar-refractivity contribution in [1.82, 2.24) is 10.2 Å². The fraction of sp³-hybridized carbons (Fsp3) is 0.318. The van der Waals surface area contributed by atoms with Gasteiger partial charge in [-0.1, -0.05) is 42.5 Å². The third-order valence-corrected chi connectivity index (χ3v) is 5.46. The Hall–Kier alpha value is -2.66. The van der Waals surface area contributed by atoms with Gasteiger partial charge >= 0.3 is 6.09 Å². The molecule has 0 aliphatic carbocycles. The van der Waals surface area contributed by atoms with Gasteiger partial charge in [-0.15, -0.1) is 6.58 Å². The molecule has 0 spiro atoms. The molecule has 2 heterocycles. The van der Waals surface area contributed by atoms with Crippen LogP contribution < -0.4 is 5.32 Å². The Bertz CT molecular complexity index is 836. The van der Waals surface area contributed by atoms with Gasteiger partial charge in [-0.05, 0) is 35.2 Å². The summed E-state index contributed by atoms with van der Waals surface area (Å²) in [5.74, 6) is -0.168. The van der Waals surface area contributed by atoms with E-state index in [1.807, 2.05) is 24.3 Å². The maximum atomic E-state index is 13.4. The van der Waals surface area contributed by atoms with Crippen LogP contribution in [0, 0.1) is 11.7 Å². The summed E-state index contributed by atoms with van der Waals surface area (Å²) in [4.78, 5) is 14.8. The molecule has 1 fully saturated rings. The summed E-state index contributed by atoms with van der Waals surface area (Å²) in [5, 5.41) is 3.24. The SMILES string of the molecule is C=C[C@H]1CNC[C@@H]1OC(=O)N1CCc2ccccc2[C@@H]1c1ccc(F)cc1. The van der Waals surface area contributed by atoms with Crippen LogP contribution >= 0.6 is 0 Å². The third kappa shape index (κ3) is 3.47. The van der Waals surface area contributed by atoms with Gasteiger partial charge in [0.2, 0.25) is 0 Å². The van der Waals surface area contributed by atoms with E-state index < -0.39 is 0 Å². The molecular weight excluding hydrogens is 343 g/mol. The number of rotatable bonds is 3. The number of halogens is 1. The predicted octanol–water partition coefficient (Wildman–Crippen LogP) is 3.68. The second-order valence-electron chi connectivity index (χ2n) is 7.08. The third-order valence-electron chi connectivity index (χ3n) is 5.46. The Kier molecular flexibility index (Phi) is 4.94. The minimum absolute atomic E-state index is 0.121. The first-order chi connectivity index (χ1) is 13.2. The van der Waals surface area contributed by atoms with Crippen LogP contribution in [-0.2, 0) is 11.2 Å². The average Bonchev–Trinajstić information content (AvgIpc) is 3.15. The Morgan fingerprint density at radius 1 is 1.19 bits per heavy atom. The molecule has 3 atom stereocenters. The first-order valence-electron chi connectivity index (χ1n) is 9.31. The second-order valence-corrected chi connectivity index (χ2v) is 7.08. The molecule has 4 nitrogen and oxygen atoms in total. The number of ether oxygens (including phenoxy) is 1. The summed E-state index contributed by atoms with van der Waals surface area (Å²) >= 11 is 0. The van der Waals surface area contributed by atoms with Crippen molar-refractivity contribution in [3.05, 3.63) is 83.7 Å². The molecule has 0 saturated carbocycles. The van der Waals surface area contributed by atoms with Gasteiger partial charge in [-0.2, -0.15) is 0 Å². The number of hydrogen-bond acceptors (Lipinski definition) is 3. The van der Waals surface area contributed by atoms with Gasteiger partial charge in [-0.25, -0.2) is 9.18 Å². The first-order valence-corrected chi connectivity index (χ1v) is 9.31. The topological polar surface area (TPSA) is 41.6 Å². The summed E-state index contributed by atoms with van der Waals surface area (Å²) in [6.45, 7) is 5.80. The molecule has 2 aromatic rings. The highest BCUT2D eigenvalue weighted by atomic mass is 19.1. The van der Waals surface area contributed by atoms with Crippen molar-refractivity contribution in [2.45, 2.75) is 18.6 Å². The summed E-state index contributed by atoms with van der Waals surface area (Å²) in [7, 11) is 0. The van der Waals surface area contributed by atoms with Gasteiger partial charge in [0.1, 0.15) is 11.9 Å². The number of fused-ring (bicyclic) bond motifs is 1. The molecule has 5 heteroatoms. The lowest BCUT2D eigenvalue weighted by atomic mass is 9.88. The molecule has 2 aromatic carbocycles. The zero-order valence-electron chi connectivity index (χ0n) is 15.1. The number of hydrogen-bond donors (Lipinski definition) is 1. The number of nitrogens with zero attached hydrogens (tertiary/aromatic N) is 1. The molecule has 0 bridgehead atoms. The maximum absolute atomic E-state index is 13.4. The average molecular weight is 366 g/mol. The number of carbonyl (C=O) groups is 1.